The van der Waals surface area contributed by atoms with E-state index in [0.717, 1.165) is 11.8 Å². The van der Waals surface area contributed by atoms with E-state index < -0.39 is 0 Å². The second-order valence-electron chi connectivity index (χ2n) is 7.41. The van der Waals surface area contributed by atoms with Crippen molar-refractivity contribution in [2.75, 3.05) is 0 Å². The SMILES string of the molecule is CC1(C)C2CCC3(C2)C1C=CCC3(C)C. The lowest BCUT2D eigenvalue weighted by atomic mass is 9.51. The third-order valence-corrected chi connectivity index (χ3v) is 6.30. The van der Waals surface area contributed by atoms with E-state index in [-0.39, 0.29) is 0 Å². The molecule has 0 aromatic carbocycles. The predicted octanol–water partition coefficient (Wildman–Crippen LogP) is 4.42. The fourth-order valence-corrected chi connectivity index (χ4v) is 5.13. The van der Waals surface area contributed by atoms with Crippen LogP contribution in [0.15, 0.2) is 12.2 Å². The van der Waals surface area contributed by atoms with E-state index in [4.69, 9.17) is 0 Å². The molecular formula is C15H24. The molecule has 3 unspecified atom stereocenters. The summed E-state index contributed by atoms with van der Waals surface area (Å²) in [6.07, 6.45) is 10.8. The highest BCUT2D eigenvalue weighted by molar-refractivity contribution is 5.23. The van der Waals surface area contributed by atoms with Gasteiger partial charge >= 0.3 is 0 Å². The van der Waals surface area contributed by atoms with E-state index in [1.165, 1.54) is 25.7 Å². The summed E-state index contributed by atoms with van der Waals surface area (Å²) in [5, 5.41) is 0. The van der Waals surface area contributed by atoms with Crippen molar-refractivity contribution in [2.45, 2.75) is 53.4 Å². The van der Waals surface area contributed by atoms with E-state index in [1.807, 2.05) is 0 Å². The Morgan fingerprint density at radius 1 is 1.13 bits per heavy atom. The van der Waals surface area contributed by atoms with Crippen LogP contribution in [-0.2, 0) is 0 Å². The second-order valence-corrected chi connectivity index (χ2v) is 7.41. The molecule has 15 heavy (non-hydrogen) atoms. The standard InChI is InChI=1S/C15H24/c1-13(2)8-5-6-12-14(3,4)11-7-9-15(12,13)10-11/h5-6,11-12H,7-10H2,1-4H3. The number of hydrogen-bond donors (Lipinski definition) is 0. The largest absolute Gasteiger partial charge is 0.0877 e. The minimum atomic E-state index is 0.537. The monoisotopic (exact) mass is 204 g/mol. The topological polar surface area (TPSA) is 0 Å². The molecule has 2 fully saturated rings. The average Bonchev–Trinajstić information content (AvgIpc) is 2.63. The summed E-state index contributed by atoms with van der Waals surface area (Å²) < 4.78 is 0. The molecule has 0 heteroatoms. The summed E-state index contributed by atoms with van der Waals surface area (Å²) in [6.45, 7) is 10.0. The first-order valence-electron chi connectivity index (χ1n) is 6.57. The van der Waals surface area contributed by atoms with Gasteiger partial charge in [0.2, 0.25) is 0 Å². The van der Waals surface area contributed by atoms with Crippen LogP contribution < -0.4 is 0 Å². The molecule has 0 nitrogen and oxygen atoms in total. The molecule has 0 N–H and O–H groups in total. The van der Waals surface area contributed by atoms with Gasteiger partial charge in [-0.2, -0.15) is 0 Å². The quantitative estimate of drug-likeness (QED) is 0.513. The van der Waals surface area contributed by atoms with E-state index in [1.54, 1.807) is 0 Å². The van der Waals surface area contributed by atoms with E-state index in [2.05, 4.69) is 39.8 Å². The molecular weight excluding hydrogens is 180 g/mol. The first-order chi connectivity index (χ1) is 6.90. The van der Waals surface area contributed by atoms with Crippen molar-refractivity contribution >= 4 is 0 Å². The maximum atomic E-state index is 2.56. The first-order valence-corrected chi connectivity index (χ1v) is 6.57. The molecule has 84 valence electrons. The van der Waals surface area contributed by atoms with Crippen molar-refractivity contribution in [3.05, 3.63) is 12.2 Å². The van der Waals surface area contributed by atoms with Crippen LogP contribution in [-0.4, -0.2) is 0 Å². The van der Waals surface area contributed by atoms with E-state index in [9.17, 15) is 0 Å². The minimum Gasteiger partial charge on any atom is -0.0877 e. The average molecular weight is 204 g/mol. The van der Waals surface area contributed by atoms with Crippen molar-refractivity contribution in [1.82, 2.24) is 0 Å². The zero-order valence-corrected chi connectivity index (χ0v) is 10.6. The van der Waals surface area contributed by atoms with E-state index in [0.29, 0.717) is 16.2 Å². The maximum absolute atomic E-state index is 2.56. The van der Waals surface area contributed by atoms with Crippen molar-refractivity contribution in [3.63, 3.8) is 0 Å². The van der Waals surface area contributed by atoms with Crippen LogP contribution >= 0.6 is 0 Å². The van der Waals surface area contributed by atoms with Gasteiger partial charge < -0.3 is 0 Å². The van der Waals surface area contributed by atoms with Crippen LogP contribution in [0.1, 0.15) is 53.4 Å². The van der Waals surface area contributed by atoms with Crippen molar-refractivity contribution in [3.8, 4) is 0 Å². The molecule has 0 aliphatic heterocycles. The molecule has 2 saturated carbocycles. The summed E-state index contributed by atoms with van der Waals surface area (Å²) >= 11 is 0. The number of hydrogen-bond acceptors (Lipinski definition) is 0. The fourth-order valence-electron chi connectivity index (χ4n) is 5.13. The summed E-state index contributed by atoms with van der Waals surface area (Å²) in [5.74, 6) is 1.84. The third kappa shape index (κ3) is 0.946. The van der Waals surface area contributed by atoms with Gasteiger partial charge in [0.25, 0.3) is 0 Å². The molecule has 0 aromatic rings. The lowest BCUT2D eigenvalue weighted by Gasteiger charge is -2.53. The second kappa shape index (κ2) is 2.52. The maximum Gasteiger partial charge on any atom is -0.0118 e. The van der Waals surface area contributed by atoms with Crippen molar-refractivity contribution in [1.29, 1.82) is 0 Å². The van der Waals surface area contributed by atoms with Gasteiger partial charge in [-0.25, -0.2) is 0 Å². The highest BCUT2D eigenvalue weighted by Gasteiger charge is 2.65. The molecule has 3 aliphatic rings. The van der Waals surface area contributed by atoms with Gasteiger partial charge in [0, 0.05) is 0 Å². The van der Waals surface area contributed by atoms with Gasteiger partial charge in [0.1, 0.15) is 0 Å². The van der Waals surface area contributed by atoms with Crippen LogP contribution in [0.2, 0.25) is 0 Å². The number of rotatable bonds is 0. The number of fused-ring (bicyclic) bond motifs is 1. The molecule has 0 radical (unpaired) electrons. The third-order valence-electron chi connectivity index (χ3n) is 6.30. The van der Waals surface area contributed by atoms with Gasteiger partial charge in [-0.15, -0.1) is 0 Å². The van der Waals surface area contributed by atoms with Gasteiger partial charge in [0.05, 0.1) is 0 Å². The lowest BCUT2D eigenvalue weighted by molar-refractivity contribution is -0.00726. The van der Waals surface area contributed by atoms with Gasteiger partial charge in [-0.05, 0) is 53.8 Å². The molecule has 0 heterocycles. The highest BCUT2D eigenvalue weighted by atomic mass is 14.7. The van der Waals surface area contributed by atoms with Crippen LogP contribution in [0.4, 0.5) is 0 Å². The Labute approximate surface area is 94.1 Å². The molecule has 0 aromatic heterocycles. The zero-order valence-electron chi connectivity index (χ0n) is 10.6. The Hall–Kier alpha value is -0.260. The summed E-state index contributed by atoms with van der Waals surface area (Å²) in [7, 11) is 0. The Morgan fingerprint density at radius 2 is 1.87 bits per heavy atom. The normalized spacial score (nSPS) is 49.3. The molecule has 1 spiro atoms. The summed E-state index contributed by atoms with van der Waals surface area (Å²) in [5.41, 5.74) is 1.75. The predicted molar refractivity (Wildman–Crippen MR) is 64.6 cm³/mol. The first kappa shape index (κ1) is 9.93. The lowest BCUT2D eigenvalue weighted by Crippen LogP contribution is -2.46. The van der Waals surface area contributed by atoms with Crippen LogP contribution in [0.3, 0.4) is 0 Å². The van der Waals surface area contributed by atoms with Crippen molar-refractivity contribution < 1.29 is 0 Å². The molecule has 3 aliphatic carbocycles. The van der Waals surface area contributed by atoms with E-state index >= 15 is 0 Å². The zero-order chi connectivity index (χ0) is 10.9. The molecule has 3 atom stereocenters. The minimum absolute atomic E-state index is 0.537. The van der Waals surface area contributed by atoms with Crippen molar-refractivity contribution in [2.24, 2.45) is 28.1 Å². The van der Waals surface area contributed by atoms with Gasteiger partial charge in [0.15, 0.2) is 0 Å². The van der Waals surface area contributed by atoms with Gasteiger partial charge in [-0.3, -0.25) is 0 Å². The molecule has 2 bridgehead atoms. The van der Waals surface area contributed by atoms with Crippen LogP contribution in [0.5, 0.6) is 0 Å². The number of allylic oxidation sites excluding steroid dienone is 2. The molecule has 3 rings (SSSR count). The molecule has 0 amide bonds. The fraction of sp³-hybridized carbons (Fsp3) is 0.867. The Morgan fingerprint density at radius 3 is 2.53 bits per heavy atom. The molecule has 0 saturated heterocycles. The summed E-state index contributed by atoms with van der Waals surface area (Å²) in [4.78, 5) is 0. The Kier molecular flexibility index (Phi) is 1.67. The highest BCUT2D eigenvalue weighted by Crippen LogP contribution is 2.73. The summed E-state index contributed by atoms with van der Waals surface area (Å²) in [6, 6.07) is 0. The van der Waals surface area contributed by atoms with Gasteiger partial charge in [-0.1, -0.05) is 39.8 Å². The smallest absolute Gasteiger partial charge is 0.0118 e. The Bertz CT molecular complexity index is 321. The Balaban J connectivity index is 2.14. The van der Waals surface area contributed by atoms with Crippen LogP contribution in [0.25, 0.3) is 0 Å². The van der Waals surface area contributed by atoms with Crippen LogP contribution in [0, 0.1) is 28.1 Å².